The smallest absolute Gasteiger partial charge is 0.191 e. The molecule has 0 aliphatic carbocycles. The third-order valence-electron chi connectivity index (χ3n) is 3.99. The van der Waals surface area contributed by atoms with Crippen LogP contribution in [0.2, 0.25) is 0 Å². The number of rotatable bonds is 8. The Bertz CT molecular complexity index is 845. The molecule has 0 spiro atoms. The fourth-order valence-corrected chi connectivity index (χ4v) is 2.63. The van der Waals surface area contributed by atoms with Gasteiger partial charge in [-0.15, -0.1) is 24.0 Å². The average molecular weight is 483 g/mol. The van der Waals surface area contributed by atoms with Crippen LogP contribution in [0.4, 0.5) is 0 Å². The van der Waals surface area contributed by atoms with Crippen LogP contribution in [0, 0.1) is 6.92 Å². The summed E-state index contributed by atoms with van der Waals surface area (Å²) in [7, 11) is 1.76. The van der Waals surface area contributed by atoms with Crippen LogP contribution in [-0.2, 0) is 17.9 Å². The predicted octanol–water partition coefficient (Wildman–Crippen LogP) is 3.13. The molecule has 0 radical (unpaired) electrons. The van der Waals surface area contributed by atoms with E-state index in [9.17, 15) is 0 Å². The van der Waals surface area contributed by atoms with Gasteiger partial charge < -0.3 is 24.2 Å². The molecule has 146 valence electrons. The number of furan rings is 1. The third kappa shape index (κ3) is 6.24. The maximum atomic E-state index is 5.56. The van der Waals surface area contributed by atoms with Crippen molar-refractivity contribution in [3.63, 3.8) is 0 Å². The maximum absolute atomic E-state index is 5.56. The predicted molar refractivity (Wildman–Crippen MR) is 117 cm³/mol. The fourth-order valence-electron chi connectivity index (χ4n) is 2.63. The van der Waals surface area contributed by atoms with Crippen LogP contribution in [0.15, 0.2) is 52.2 Å². The standard InChI is InChI=1S/C19H25N5O2.HI/c1-15-6-3-8-18-23-16(13-24(15)18)12-22-19(20-2)21-9-5-10-25-14-17-7-4-11-26-17;/h3-4,6-8,11,13H,5,9-10,12,14H2,1-2H3,(H2,20,21,22);1H. The van der Waals surface area contributed by atoms with E-state index in [1.54, 1.807) is 13.3 Å². The number of halogens is 1. The van der Waals surface area contributed by atoms with Crippen LogP contribution in [-0.4, -0.2) is 35.5 Å². The molecule has 0 fully saturated rings. The number of aliphatic imine (C=N–C) groups is 1. The molecule has 0 unspecified atom stereocenters. The summed E-state index contributed by atoms with van der Waals surface area (Å²) in [5.74, 6) is 1.60. The van der Waals surface area contributed by atoms with Crippen molar-refractivity contribution in [3.05, 3.63) is 59.9 Å². The average Bonchev–Trinajstić information content (AvgIpc) is 3.30. The van der Waals surface area contributed by atoms with Gasteiger partial charge in [0.15, 0.2) is 5.96 Å². The summed E-state index contributed by atoms with van der Waals surface area (Å²) < 4.78 is 12.9. The van der Waals surface area contributed by atoms with Crippen LogP contribution in [0.1, 0.15) is 23.6 Å². The summed E-state index contributed by atoms with van der Waals surface area (Å²) in [6.07, 6.45) is 4.59. The molecular weight excluding hydrogens is 457 g/mol. The molecule has 8 heteroatoms. The summed E-state index contributed by atoms with van der Waals surface area (Å²) in [6.45, 7) is 4.64. The Morgan fingerprint density at radius 2 is 2.15 bits per heavy atom. The van der Waals surface area contributed by atoms with Crippen molar-refractivity contribution in [1.82, 2.24) is 20.0 Å². The molecule has 0 amide bonds. The minimum atomic E-state index is 0. The molecule has 0 saturated heterocycles. The van der Waals surface area contributed by atoms with E-state index < -0.39 is 0 Å². The number of ether oxygens (including phenoxy) is 1. The molecule has 0 aliphatic rings. The molecule has 0 aromatic carbocycles. The lowest BCUT2D eigenvalue weighted by Crippen LogP contribution is -2.37. The van der Waals surface area contributed by atoms with Gasteiger partial charge in [-0.25, -0.2) is 4.98 Å². The van der Waals surface area contributed by atoms with Crippen LogP contribution in [0.25, 0.3) is 5.65 Å². The largest absolute Gasteiger partial charge is 0.467 e. The Morgan fingerprint density at radius 1 is 1.26 bits per heavy atom. The van der Waals surface area contributed by atoms with Crippen molar-refractivity contribution in [2.75, 3.05) is 20.2 Å². The molecule has 0 saturated carbocycles. The summed E-state index contributed by atoms with van der Waals surface area (Å²) >= 11 is 0. The van der Waals surface area contributed by atoms with Gasteiger partial charge in [-0.2, -0.15) is 0 Å². The second kappa shape index (κ2) is 10.9. The number of hydrogen-bond acceptors (Lipinski definition) is 4. The first kappa shape index (κ1) is 21.2. The van der Waals surface area contributed by atoms with Gasteiger partial charge >= 0.3 is 0 Å². The first-order valence-corrected chi connectivity index (χ1v) is 8.74. The molecule has 3 aromatic rings. The number of hydrogen-bond donors (Lipinski definition) is 2. The molecule has 0 atom stereocenters. The Hall–Kier alpha value is -2.07. The highest BCUT2D eigenvalue weighted by atomic mass is 127. The highest BCUT2D eigenvalue weighted by Crippen LogP contribution is 2.08. The van der Waals surface area contributed by atoms with E-state index >= 15 is 0 Å². The number of nitrogens with one attached hydrogen (secondary N) is 2. The Balaban J connectivity index is 0.00000261. The van der Waals surface area contributed by atoms with E-state index in [0.29, 0.717) is 19.8 Å². The van der Waals surface area contributed by atoms with E-state index in [1.165, 1.54) is 5.69 Å². The van der Waals surface area contributed by atoms with Crippen LogP contribution in [0.3, 0.4) is 0 Å². The van der Waals surface area contributed by atoms with Crippen LogP contribution in [0.5, 0.6) is 0 Å². The van der Waals surface area contributed by atoms with Gasteiger partial charge in [0.25, 0.3) is 0 Å². The topological polar surface area (TPSA) is 76.1 Å². The lowest BCUT2D eigenvalue weighted by atomic mass is 10.4. The Morgan fingerprint density at radius 3 is 2.89 bits per heavy atom. The van der Waals surface area contributed by atoms with E-state index in [1.807, 2.05) is 30.5 Å². The van der Waals surface area contributed by atoms with E-state index in [4.69, 9.17) is 9.15 Å². The summed E-state index contributed by atoms with van der Waals surface area (Å²) in [4.78, 5) is 8.85. The van der Waals surface area contributed by atoms with Crippen molar-refractivity contribution in [3.8, 4) is 0 Å². The van der Waals surface area contributed by atoms with Crippen molar-refractivity contribution in [1.29, 1.82) is 0 Å². The highest BCUT2D eigenvalue weighted by molar-refractivity contribution is 14.0. The number of imidazole rings is 1. The molecule has 3 rings (SSSR count). The zero-order valence-electron chi connectivity index (χ0n) is 15.6. The Labute approximate surface area is 176 Å². The molecule has 0 aliphatic heterocycles. The first-order chi connectivity index (χ1) is 12.8. The minimum Gasteiger partial charge on any atom is -0.467 e. The molecule has 7 nitrogen and oxygen atoms in total. The third-order valence-corrected chi connectivity index (χ3v) is 3.99. The zero-order chi connectivity index (χ0) is 18.2. The molecule has 2 N–H and O–H groups in total. The van der Waals surface area contributed by atoms with E-state index in [0.717, 1.165) is 36.0 Å². The second-order valence-electron chi connectivity index (χ2n) is 5.97. The van der Waals surface area contributed by atoms with Gasteiger partial charge in [0.2, 0.25) is 0 Å². The molecule has 3 heterocycles. The van der Waals surface area contributed by atoms with Gasteiger partial charge in [-0.3, -0.25) is 4.99 Å². The fraction of sp³-hybridized carbons (Fsp3) is 0.368. The molecule has 3 aromatic heterocycles. The van der Waals surface area contributed by atoms with Gasteiger partial charge in [0.05, 0.1) is 18.5 Å². The molecular formula is C19H26IN5O2. The monoisotopic (exact) mass is 483 g/mol. The quantitative estimate of drug-likeness (QED) is 0.223. The normalized spacial score (nSPS) is 11.4. The van der Waals surface area contributed by atoms with E-state index in [2.05, 4.69) is 38.0 Å². The number of aryl methyl sites for hydroxylation is 1. The highest BCUT2D eigenvalue weighted by Gasteiger charge is 2.04. The summed E-state index contributed by atoms with van der Waals surface area (Å²) in [5.41, 5.74) is 3.10. The number of nitrogens with zero attached hydrogens (tertiary/aromatic N) is 3. The lowest BCUT2D eigenvalue weighted by molar-refractivity contribution is 0.105. The number of aromatic nitrogens is 2. The van der Waals surface area contributed by atoms with Crippen molar-refractivity contribution < 1.29 is 9.15 Å². The van der Waals surface area contributed by atoms with Crippen molar-refractivity contribution in [2.45, 2.75) is 26.5 Å². The number of pyridine rings is 1. The molecule has 27 heavy (non-hydrogen) atoms. The van der Waals surface area contributed by atoms with E-state index in [-0.39, 0.29) is 24.0 Å². The Kier molecular flexibility index (Phi) is 8.59. The first-order valence-electron chi connectivity index (χ1n) is 8.74. The lowest BCUT2D eigenvalue weighted by Gasteiger charge is -2.10. The second-order valence-corrected chi connectivity index (χ2v) is 5.97. The van der Waals surface area contributed by atoms with Gasteiger partial charge in [0, 0.05) is 32.1 Å². The van der Waals surface area contributed by atoms with Gasteiger partial charge in [-0.1, -0.05) is 6.07 Å². The number of guanidine groups is 1. The summed E-state index contributed by atoms with van der Waals surface area (Å²) in [6, 6.07) is 9.86. The van der Waals surface area contributed by atoms with Gasteiger partial charge in [0.1, 0.15) is 18.0 Å². The molecule has 0 bridgehead atoms. The maximum Gasteiger partial charge on any atom is 0.191 e. The van der Waals surface area contributed by atoms with Crippen LogP contribution < -0.4 is 10.6 Å². The number of fused-ring (bicyclic) bond motifs is 1. The SMILES string of the molecule is CN=C(NCCCOCc1ccco1)NCc1cn2c(C)cccc2n1.I. The zero-order valence-corrected chi connectivity index (χ0v) is 18.0. The summed E-state index contributed by atoms with van der Waals surface area (Å²) in [5, 5.41) is 6.57. The van der Waals surface area contributed by atoms with Crippen LogP contribution >= 0.6 is 24.0 Å². The van der Waals surface area contributed by atoms with Crippen molar-refractivity contribution in [2.24, 2.45) is 4.99 Å². The van der Waals surface area contributed by atoms with Gasteiger partial charge in [-0.05, 0) is 37.6 Å². The van der Waals surface area contributed by atoms with Crippen molar-refractivity contribution >= 4 is 35.6 Å². The minimum absolute atomic E-state index is 0.